The highest BCUT2D eigenvalue weighted by Gasteiger charge is 2.19. The molecule has 470 valence electrons. The number of hydrogen-bond donors (Lipinski definition) is 0. The molecule has 0 aromatic carbocycles. The number of carbonyl (C=O) groups excluding carboxylic acids is 3. The zero-order valence-corrected chi connectivity index (χ0v) is 54.1. The number of allylic oxidation sites excluding steroid dienone is 12. The quantitative estimate of drug-likeness (QED) is 0.0261. The van der Waals surface area contributed by atoms with Gasteiger partial charge in [-0.1, -0.05) is 331 Å². The lowest BCUT2D eigenvalue weighted by atomic mass is 10.0. The number of esters is 3. The second-order valence-electron chi connectivity index (χ2n) is 23.8. The number of ether oxygens (including phenoxy) is 3. The number of carbonyl (C=O) groups is 3. The largest absolute Gasteiger partial charge is 0.462 e. The molecule has 0 heterocycles. The van der Waals surface area contributed by atoms with E-state index in [9.17, 15) is 14.4 Å². The first-order valence-electron chi connectivity index (χ1n) is 35.4. The maximum Gasteiger partial charge on any atom is 0.306 e. The summed E-state index contributed by atoms with van der Waals surface area (Å²) in [5, 5.41) is 0. The summed E-state index contributed by atoms with van der Waals surface area (Å²) >= 11 is 0. The van der Waals surface area contributed by atoms with Crippen molar-refractivity contribution < 1.29 is 28.6 Å². The van der Waals surface area contributed by atoms with Gasteiger partial charge < -0.3 is 14.2 Å². The van der Waals surface area contributed by atoms with Crippen LogP contribution in [0.5, 0.6) is 0 Å². The van der Waals surface area contributed by atoms with Crippen LogP contribution in [-0.4, -0.2) is 37.2 Å². The molecule has 6 heteroatoms. The lowest BCUT2D eigenvalue weighted by Crippen LogP contribution is -2.30. The summed E-state index contributed by atoms with van der Waals surface area (Å²) in [6.45, 7) is 6.53. The average molecular weight is 1130 g/mol. The van der Waals surface area contributed by atoms with E-state index in [0.717, 1.165) is 116 Å². The van der Waals surface area contributed by atoms with E-state index in [2.05, 4.69) is 93.7 Å². The lowest BCUT2D eigenvalue weighted by Gasteiger charge is -2.18. The van der Waals surface area contributed by atoms with E-state index in [1.807, 2.05) is 0 Å². The maximum atomic E-state index is 12.9. The normalized spacial score (nSPS) is 12.5. The van der Waals surface area contributed by atoms with Gasteiger partial charge in [-0.25, -0.2) is 0 Å². The van der Waals surface area contributed by atoms with Crippen LogP contribution in [-0.2, 0) is 28.6 Å². The van der Waals surface area contributed by atoms with E-state index in [4.69, 9.17) is 14.2 Å². The van der Waals surface area contributed by atoms with Crippen molar-refractivity contribution in [2.45, 2.75) is 374 Å². The third-order valence-electron chi connectivity index (χ3n) is 15.7. The molecule has 0 aliphatic heterocycles. The van der Waals surface area contributed by atoms with Crippen molar-refractivity contribution >= 4 is 17.9 Å². The molecule has 81 heavy (non-hydrogen) atoms. The van der Waals surface area contributed by atoms with Crippen LogP contribution in [0.25, 0.3) is 0 Å². The fourth-order valence-electron chi connectivity index (χ4n) is 10.4. The summed E-state index contributed by atoms with van der Waals surface area (Å²) in [5.41, 5.74) is 0. The first-order chi connectivity index (χ1) is 40.0. The molecule has 1 unspecified atom stereocenters. The summed E-state index contributed by atoms with van der Waals surface area (Å²) < 4.78 is 17.0. The molecule has 0 amide bonds. The summed E-state index contributed by atoms with van der Waals surface area (Å²) in [6.07, 6.45) is 90.8. The average Bonchev–Trinajstić information content (AvgIpc) is 3.47. The molecule has 0 rings (SSSR count). The fourth-order valence-corrected chi connectivity index (χ4v) is 10.4. The van der Waals surface area contributed by atoms with Crippen molar-refractivity contribution in [2.75, 3.05) is 13.2 Å². The smallest absolute Gasteiger partial charge is 0.306 e. The summed E-state index contributed by atoms with van der Waals surface area (Å²) in [7, 11) is 0. The van der Waals surface area contributed by atoms with Crippen molar-refractivity contribution in [3.8, 4) is 0 Å². The maximum absolute atomic E-state index is 12.9. The predicted molar refractivity (Wildman–Crippen MR) is 353 cm³/mol. The number of rotatable bonds is 65. The molecule has 6 nitrogen and oxygen atoms in total. The van der Waals surface area contributed by atoms with Crippen molar-refractivity contribution in [3.05, 3.63) is 72.9 Å². The Labute approximate surface area is 503 Å². The molecule has 0 aromatic heterocycles. The molecule has 0 fully saturated rings. The molecule has 0 aliphatic rings. The topological polar surface area (TPSA) is 78.9 Å². The van der Waals surface area contributed by atoms with Gasteiger partial charge in [0.25, 0.3) is 0 Å². The summed E-state index contributed by atoms with van der Waals surface area (Å²) in [4.78, 5) is 38.4. The Morgan fingerprint density at radius 2 is 0.481 bits per heavy atom. The van der Waals surface area contributed by atoms with Gasteiger partial charge in [0.1, 0.15) is 13.2 Å². The third kappa shape index (κ3) is 67.5. The molecular formula is C75H134O6. The van der Waals surface area contributed by atoms with Crippen LogP contribution in [0.2, 0.25) is 0 Å². The minimum atomic E-state index is -0.790. The summed E-state index contributed by atoms with van der Waals surface area (Å²) in [6, 6.07) is 0. The van der Waals surface area contributed by atoms with Crippen molar-refractivity contribution in [3.63, 3.8) is 0 Å². The molecule has 1 atom stereocenters. The molecule has 0 radical (unpaired) electrons. The van der Waals surface area contributed by atoms with Crippen LogP contribution in [0.4, 0.5) is 0 Å². The SMILES string of the molecule is CC/C=C\C/C=C\C/C=C\C/C=C\CCCCCCCCC(=O)OC(COC(=O)CCCCCCC/C=C\C/C=C\CCCCC)COC(=O)CCCCCCCCCCCCCCCCCCCCCCCCCCCCCCC. The second-order valence-corrected chi connectivity index (χ2v) is 23.8. The van der Waals surface area contributed by atoms with E-state index < -0.39 is 6.10 Å². The molecule has 0 saturated heterocycles. The van der Waals surface area contributed by atoms with Gasteiger partial charge in [-0.15, -0.1) is 0 Å². The Morgan fingerprint density at radius 1 is 0.259 bits per heavy atom. The first-order valence-corrected chi connectivity index (χ1v) is 35.4. The van der Waals surface area contributed by atoms with Crippen LogP contribution in [0.1, 0.15) is 367 Å². The van der Waals surface area contributed by atoms with Gasteiger partial charge in [0, 0.05) is 19.3 Å². The van der Waals surface area contributed by atoms with Gasteiger partial charge >= 0.3 is 17.9 Å². The Kier molecular flexibility index (Phi) is 66.6. The molecule has 0 saturated carbocycles. The van der Waals surface area contributed by atoms with E-state index in [1.165, 1.54) is 212 Å². The van der Waals surface area contributed by atoms with Gasteiger partial charge in [0.15, 0.2) is 6.10 Å². The van der Waals surface area contributed by atoms with E-state index in [-0.39, 0.29) is 31.1 Å². The predicted octanol–water partition coefficient (Wildman–Crippen LogP) is 24.4. The Morgan fingerprint density at radius 3 is 0.778 bits per heavy atom. The van der Waals surface area contributed by atoms with Crippen LogP contribution >= 0.6 is 0 Å². The minimum Gasteiger partial charge on any atom is -0.462 e. The molecule has 0 aliphatic carbocycles. The highest BCUT2D eigenvalue weighted by atomic mass is 16.6. The lowest BCUT2D eigenvalue weighted by molar-refractivity contribution is -0.167. The van der Waals surface area contributed by atoms with Crippen LogP contribution in [0, 0.1) is 0 Å². The molecule has 0 N–H and O–H groups in total. The molecule has 0 aromatic rings. The zero-order chi connectivity index (χ0) is 58.5. The zero-order valence-electron chi connectivity index (χ0n) is 54.1. The highest BCUT2D eigenvalue weighted by Crippen LogP contribution is 2.18. The van der Waals surface area contributed by atoms with Crippen molar-refractivity contribution in [1.29, 1.82) is 0 Å². The Balaban J connectivity index is 4.25. The Bertz CT molecular complexity index is 1490. The highest BCUT2D eigenvalue weighted by molar-refractivity contribution is 5.71. The number of hydrogen-bond acceptors (Lipinski definition) is 6. The minimum absolute atomic E-state index is 0.0829. The van der Waals surface area contributed by atoms with Crippen LogP contribution in [0.15, 0.2) is 72.9 Å². The van der Waals surface area contributed by atoms with E-state index in [1.54, 1.807) is 0 Å². The van der Waals surface area contributed by atoms with Crippen LogP contribution < -0.4 is 0 Å². The van der Waals surface area contributed by atoms with Crippen LogP contribution in [0.3, 0.4) is 0 Å². The molecule has 0 spiro atoms. The molecule has 0 bridgehead atoms. The fraction of sp³-hybridized carbons (Fsp3) is 0.800. The van der Waals surface area contributed by atoms with E-state index in [0.29, 0.717) is 19.3 Å². The van der Waals surface area contributed by atoms with Gasteiger partial charge in [0.2, 0.25) is 0 Å². The Hall–Kier alpha value is -3.15. The van der Waals surface area contributed by atoms with Gasteiger partial charge in [-0.2, -0.15) is 0 Å². The third-order valence-corrected chi connectivity index (χ3v) is 15.7. The standard InChI is InChI=1S/C75H134O6/c1-4-7-10-13-16-19-22-25-28-30-32-33-34-35-36-37-38-39-40-41-43-44-47-50-53-56-59-62-65-68-74(77)80-71-72(70-79-73(76)67-64-61-58-55-52-49-46-27-24-21-18-15-12-9-6-3)81-75(78)69-66-63-60-57-54-51-48-45-42-31-29-26-23-20-17-14-11-8-5-2/h8,11,17-18,20-21,26-27,29,42,45-46,72H,4-7,9-10,12-16,19,22-25,28,30-41,43-44,47-71H2,1-3H3/b11-8-,20-17-,21-18-,29-26-,45-42-,46-27-. The van der Waals surface area contributed by atoms with Crippen molar-refractivity contribution in [2.24, 2.45) is 0 Å². The van der Waals surface area contributed by atoms with Gasteiger partial charge in [0.05, 0.1) is 0 Å². The summed E-state index contributed by atoms with van der Waals surface area (Å²) in [5.74, 6) is -0.892. The molecular weight excluding hydrogens is 997 g/mol. The second kappa shape index (κ2) is 69.3. The number of unbranched alkanes of at least 4 members (excludes halogenated alkanes) is 42. The first kappa shape index (κ1) is 77.9. The van der Waals surface area contributed by atoms with Crippen molar-refractivity contribution in [1.82, 2.24) is 0 Å². The van der Waals surface area contributed by atoms with E-state index >= 15 is 0 Å². The van der Waals surface area contributed by atoms with Gasteiger partial charge in [-0.05, 0) is 89.9 Å². The monoisotopic (exact) mass is 1130 g/mol. The van der Waals surface area contributed by atoms with Gasteiger partial charge in [-0.3, -0.25) is 14.4 Å².